The zero-order chi connectivity index (χ0) is 13.7. The highest BCUT2D eigenvalue weighted by Gasteiger charge is 2.26. The van der Waals surface area contributed by atoms with E-state index in [4.69, 9.17) is 9.47 Å². The first kappa shape index (κ1) is 14.4. The van der Waals surface area contributed by atoms with Gasteiger partial charge in [0.2, 0.25) is 0 Å². The zero-order valence-corrected chi connectivity index (χ0v) is 12.2. The van der Waals surface area contributed by atoms with Gasteiger partial charge in [0.05, 0.1) is 12.6 Å². The summed E-state index contributed by atoms with van der Waals surface area (Å²) < 4.78 is 14.7. The Hall–Kier alpha value is -0.980. The van der Waals surface area contributed by atoms with Crippen molar-refractivity contribution >= 4 is 17.4 Å². The van der Waals surface area contributed by atoms with E-state index in [9.17, 15) is 4.79 Å². The summed E-state index contributed by atoms with van der Waals surface area (Å²) in [6.45, 7) is 3.99. The molecule has 0 spiro atoms. The second kappa shape index (κ2) is 6.98. The van der Waals surface area contributed by atoms with Gasteiger partial charge in [-0.2, -0.15) is 4.37 Å². The van der Waals surface area contributed by atoms with Crippen LogP contribution in [0.25, 0.3) is 0 Å². The molecule has 0 aliphatic carbocycles. The molecule has 2 rings (SSSR count). The van der Waals surface area contributed by atoms with Crippen LogP contribution in [0.1, 0.15) is 28.2 Å². The molecule has 1 saturated heterocycles. The standard InChI is InChI=1S/C13H20N2O3S/c1-9-7-11(15-19-9)13(16)14-12(8-17-2)10-3-5-18-6-4-10/h7,10,12H,3-6,8H2,1-2H3,(H,14,16). The Morgan fingerprint density at radius 2 is 2.37 bits per heavy atom. The van der Waals surface area contributed by atoms with E-state index in [-0.39, 0.29) is 11.9 Å². The molecule has 1 aliphatic rings. The van der Waals surface area contributed by atoms with Gasteiger partial charge < -0.3 is 14.8 Å². The molecule has 0 bridgehead atoms. The molecule has 2 heterocycles. The Labute approximate surface area is 117 Å². The van der Waals surface area contributed by atoms with Crippen LogP contribution in [0.2, 0.25) is 0 Å². The van der Waals surface area contributed by atoms with Gasteiger partial charge in [-0.05, 0) is 43.3 Å². The molecular formula is C13H20N2O3S. The van der Waals surface area contributed by atoms with Crippen molar-refractivity contribution in [2.75, 3.05) is 26.9 Å². The van der Waals surface area contributed by atoms with Crippen LogP contribution in [0.5, 0.6) is 0 Å². The largest absolute Gasteiger partial charge is 0.383 e. The van der Waals surface area contributed by atoms with E-state index in [1.165, 1.54) is 11.5 Å². The molecule has 1 unspecified atom stereocenters. The number of hydrogen-bond donors (Lipinski definition) is 1. The molecule has 106 valence electrons. The molecule has 1 aromatic heterocycles. The first-order chi connectivity index (χ1) is 9.20. The first-order valence-electron chi connectivity index (χ1n) is 6.51. The third kappa shape index (κ3) is 3.99. The fraction of sp³-hybridized carbons (Fsp3) is 0.692. The van der Waals surface area contributed by atoms with Crippen molar-refractivity contribution in [1.29, 1.82) is 0 Å². The van der Waals surface area contributed by atoms with Gasteiger partial charge in [-0.25, -0.2) is 0 Å². The van der Waals surface area contributed by atoms with E-state index in [1.807, 2.05) is 13.0 Å². The van der Waals surface area contributed by atoms with Crippen molar-refractivity contribution in [3.05, 3.63) is 16.6 Å². The highest BCUT2D eigenvalue weighted by Crippen LogP contribution is 2.19. The molecular weight excluding hydrogens is 264 g/mol. The fourth-order valence-corrected chi connectivity index (χ4v) is 2.85. The summed E-state index contributed by atoms with van der Waals surface area (Å²) in [5, 5.41) is 3.04. The Bertz CT molecular complexity index is 416. The number of carbonyl (C=O) groups excluding carboxylic acids is 1. The van der Waals surface area contributed by atoms with Crippen LogP contribution in [0.3, 0.4) is 0 Å². The SMILES string of the molecule is COCC(NC(=O)c1cc(C)sn1)C1CCOCC1. The third-order valence-electron chi connectivity index (χ3n) is 3.36. The average molecular weight is 284 g/mol. The summed E-state index contributed by atoms with van der Waals surface area (Å²) in [5.41, 5.74) is 0.496. The van der Waals surface area contributed by atoms with Gasteiger partial charge >= 0.3 is 0 Å². The van der Waals surface area contributed by atoms with Gasteiger partial charge in [-0.15, -0.1) is 0 Å². The van der Waals surface area contributed by atoms with E-state index < -0.39 is 0 Å². The third-order valence-corrected chi connectivity index (χ3v) is 4.05. The van der Waals surface area contributed by atoms with Crippen molar-refractivity contribution in [2.45, 2.75) is 25.8 Å². The number of rotatable bonds is 5. The quantitative estimate of drug-likeness (QED) is 0.892. The Morgan fingerprint density at radius 3 is 2.95 bits per heavy atom. The van der Waals surface area contributed by atoms with E-state index in [0.717, 1.165) is 30.9 Å². The van der Waals surface area contributed by atoms with E-state index in [1.54, 1.807) is 7.11 Å². The van der Waals surface area contributed by atoms with Crippen LogP contribution >= 0.6 is 11.5 Å². The van der Waals surface area contributed by atoms with Crippen LogP contribution in [0.15, 0.2) is 6.07 Å². The molecule has 1 aromatic rings. The number of carbonyl (C=O) groups is 1. The van der Waals surface area contributed by atoms with E-state index in [0.29, 0.717) is 18.2 Å². The van der Waals surface area contributed by atoms with Crippen molar-refractivity contribution < 1.29 is 14.3 Å². The van der Waals surface area contributed by atoms with Crippen molar-refractivity contribution in [3.63, 3.8) is 0 Å². The number of hydrogen-bond acceptors (Lipinski definition) is 5. The molecule has 1 N–H and O–H groups in total. The predicted octanol–water partition coefficient (Wildman–Crippen LogP) is 1.62. The minimum atomic E-state index is -0.113. The van der Waals surface area contributed by atoms with Crippen LogP contribution < -0.4 is 5.32 Å². The Morgan fingerprint density at radius 1 is 1.63 bits per heavy atom. The second-order valence-electron chi connectivity index (χ2n) is 4.81. The maximum Gasteiger partial charge on any atom is 0.271 e. The van der Waals surface area contributed by atoms with Gasteiger partial charge in [0.15, 0.2) is 0 Å². The van der Waals surface area contributed by atoms with E-state index >= 15 is 0 Å². The monoisotopic (exact) mass is 284 g/mol. The van der Waals surface area contributed by atoms with Crippen molar-refractivity contribution in [2.24, 2.45) is 5.92 Å². The normalized spacial score (nSPS) is 18.2. The van der Waals surface area contributed by atoms with E-state index in [2.05, 4.69) is 9.69 Å². The van der Waals surface area contributed by atoms with Gasteiger partial charge in [-0.1, -0.05) is 0 Å². The predicted molar refractivity (Wildman–Crippen MR) is 73.5 cm³/mol. The van der Waals surface area contributed by atoms with Gasteiger partial charge in [0.1, 0.15) is 5.69 Å². The number of ether oxygens (including phenoxy) is 2. The lowest BCUT2D eigenvalue weighted by Gasteiger charge is -2.30. The van der Waals surface area contributed by atoms with Crippen LogP contribution in [-0.4, -0.2) is 43.3 Å². The van der Waals surface area contributed by atoms with Gasteiger partial charge in [0, 0.05) is 25.2 Å². The summed E-state index contributed by atoms with van der Waals surface area (Å²) in [6, 6.07) is 1.84. The molecule has 1 aliphatic heterocycles. The van der Waals surface area contributed by atoms with Crippen LogP contribution in [0, 0.1) is 12.8 Å². The molecule has 5 nitrogen and oxygen atoms in total. The van der Waals surface area contributed by atoms with Gasteiger partial charge in [0.25, 0.3) is 5.91 Å². The number of amides is 1. The molecule has 0 saturated carbocycles. The minimum Gasteiger partial charge on any atom is -0.383 e. The summed E-state index contributed by atoms with van der Waals surface area (Å²) in [7, 11) is 1.66. The van der Waals surface area contributed by atoms with Crippen molar-refractivity contribution in [1.82, 2.24) is 9.69 Å². The molecule has 6 heteroatoms. The molecule has 1 amide bonds. The lowest BCUT2D eigenvalue weighted by molar-refractivity contribution is 0.0361. The van der Waals surface area contributed by atoms with Gasteiger partial charge in [-0.3, -0.25) is 4.79 Å². The van der Waals surface area contributed by atoms with Crippen LogP contribution in [0.4, 0.5) is 0 Å². The second-order valence-corrected chi connectivity index (χ2v) is 5.82. The molecule has 0 radical (unpaired) electrons. The number of aryl methyl sites for hydroxylation is 1. The molecule has 1 fully saturated rings. The number of aromatic nitrogens is 1. The first-order valence-corrected chi connectivity index (χ1v) is 7.29. The summed E-state index contributed by atoms with van der Waals surface area (Å²) in [5.74, 6) is 0.301. The Kier molecular flexibility index (Phi) is 5.30. The topological polar surface area (TPSA) is 60.5 Å². The molecule has 1 atom stereocenters. The Balaban J connectivity index is 1.97. The maximum absolute atomic E-state index is 12.1. The molecule has 19 heavy (non-hydrogen) atoms. The smallest absolute Gasteiger partial charge is 0.271 e. The lowest BCUT2D eigenvalue weighted by Crippen LogP contribution is -2.45. The maximum atomic E-state index is 12.1. The zero-order valence-electron chi connectivity index (χ0n) is 11.3. The number of methoxy groups -OCH3 is 1. The number of nitrogens with one attached hydrogen (secondary N) is 1. The summed E-state index contributed by atoms with van der Waals surface area (Å²) in [6.07, 6.45) is 1.93. The minimum absolute atomic E-state index is 0.0309. The van der Waals surface area contributed by atoms with Crippen LogP contribution in [-0.2, 0) is 9.47 Å². The lowest BCUT2D eigenvalue weighted by atomic mass is 9.92. The fourth-order valence-electron chi connectivity index (χ4n) is 2.31. The highest BCUT2D eigenvalue weighted by atomic mass is 32.1. The molecule has 0 aromatic carbocycles. The summed E-state index contributed by atoms with van der Waals surface area (Å²) in [4.78, 5) is 13.2. The summed E-state index contributed by atoms with van der Waals surface area (Å²) >= 11 is 1.35. The number of nitrogens with zero attached hydrogens (tertiary/aromatic N) is 1. The average Bonchev–Trinajstić information content (AvgIpc) is 2.86. The van der Waals surface area contributed by atoms with Crippen molar-refractivity contribution in [3.8, 4) is 0 Å². The highest BCUT2D eigenvalue weighted by molar-refractivity contribution is 7.05.